The number of nitrogens with one attached hydrogen (secondary N) is 1. The largest absolute Gasteiger partial charge is 0.355 e. The summed E-state index contributed by atoms with van der Waals surface area (Å²) in [5, 5.41) is 2.83. The van der Waals surface area contributed by atoms with Crippen LogP contribution in [0.5, 0.6) is 0 Å². The number of rotatable bonds is 12. The average molecular weight is 653 g/mol. The van der Waals surface area contributed by atoms with Gasteiger partial charge in [-0.3, -0.25) is 13.9 Å². The normalized spacial score (nSPS) is 11.9. The van der Waals surface area contributed by atoms with Gasteiger partial charge in [-0.05, 0) is 66.6 Å². The van der Waals surface area contributed by atoms with Crippen LogP contribution < -0.4 is 9.62 Å². The van der Waals surface area contributed by atoms with Gasteiger partial charge in [0.05, 0.1) is 10.6 Å². The summed E-state index contributed by atoms with van der Waals surface area (Å²) in [5.41, 5.74) is 1.72. The summed E-state index contributed by atoms with van der Waals surface area (Å²) >= 11 is 3.42. The van der Waals surface area contributed by atoms with Crippen LogP contribution in [0.15, 0.2) is 119 Å². The Morgan fingerprint density at radius 3 is 2.02 bits per heavy atom. The summed E-state index contributed by atoms with van der Waals surface area (Å²) in [5.74, 6) is -1.49. The van der Waals surface area contributed by atoms with E-state index in [9.17, 15) is 22.4 Å². The minimum atomic E-state index is -4.23. The molecule has 4 aromatic rings. The molecule has 10 heteroatoms. The van der Waals surface area contributed by atoms with Crippen LogP contribution in [0.25, 0.3) is 0 Å². The highest BCUT2D eigenvalue weighted by Crippen LogP contribution is 2.25. The van der Waals surface area contributed by atoms with Gasteiger partial charge in [0.25, 0.3) is 10.0 Å². The third-order valence-electron chi connectivity index (χ3n) is 6.61. The summed E-state index contributed by atoms with van der Waals surface area (Å²) in [4.78, 5) is 29.1. The van der Waals surface area contributed by atoms with Crippen molar-refractivity contribution in [1.29, 1.82) is 0 Å². The Balaban J connectivity index is 1.78. The maximum atomic E-state index is 14.2. The van der Waals surface area contributed by atoms with Crippen molar-refractivity contribution in [3.63, 3.8) is 0 Å². The minimum Gasteiger partial charge on any atom is -0.355 e. The van der Waals surface area contributed by atoms with Crippen LogP contribution in [0.3, 0.4) is 0 Å². The SMILES string of the molecule is CCNC(=O)[C@H](Cc1ccccc1)N(Cc1ccc(Br)cc1)C(=O)CN(c1ccc(F)cc1)S(=O)(=O)c1ccccc1. The van der Waals surface area contributed by atoms with Crippen LogP contribution in [0, 0.1) is 5.82 Å². The number of halogens is 2. The predicted octanol–water partition coefficient (Wildman–Crippen LogP) is 5.56. The van der Waals surface area contributed by atoms with E-state index in [1.54, 1.807) is 25.1 Å². The number of benzene rings is 4. The lowest BCUT2D eigenvalue weighted by Crippen LogP contribution is -2.53. The number of hydrogen-bond donors (Lipinski definition) is 1. The van der Waals surface area contributed by atoms with E-state index in [0.29, 0.717) is 6.54 Å². The fourth-order valence-corrected chi connectivity index (χ4v) is 6.19. The molecule has 0 saturated carbocycles. The van der Waals surface area contributed by atoms with Crippen molar-refractivity contribution in [3.05, 3.63) is 131 Å². The third-order valence-corrected chi connectivity index (χ3v) is 8.93. The van der Waals surface area contributed by atoms with Crippen molar-refractivity contribution in [3.8, 4) is 0 Å². The van der Waals surface area contributed by atoms with Crippen molar-refractivity contribution < 1.29 is 22.4 Å². The maximum absolute atomic E-state index is 14.2. The molecule has 218 valence electrons. The summed E-state index contributed by atoms with van der Waals surface area (Å²) in [7, 11) is -4.23. The smallest absolute Gasteiger partial charge is 0.264 e. The van der Waals surface area contributed by atoms with Crippen molar-refractivity contribution >= 4 is 43.5 Å². The molecule has 0 aliphatic heterocycles. The summed E-state index contributed by atoms with van der Waals surface area (Å²) < 4.78 is 43.3. The zero-order valence-electron chi connectivity index (χ0n) is 23.0. The van der Waals surface area contributed by atoms with Crippen LogP contribution in [0.4, 0.5) is 10.1 Å². The quantitative estimate of drug-likeness (QED) is 0.217. The molecule has 7 nitrogen and oxygen atoms in total. The van der Waals surface area contributed by atoms with Crippen LogP contribution in [-0.4, -0.2) is 44.3 Å². The van der Waals surface area contributed by atoms with E-state index < -0.39 is 34.3 Å². The van der Waals surface area contributed by atoms with Crippen LogP contribution in [0.2, 0.25) is 0 Å². The topological polar surface area (TPSA) is 86.8 Å². The number of carbonyl (C=O) groups is 2. The highest BCUT2D eigenvalue weighted by Gasteiger charge is 2.34. The number of anilines is 1. The van der Waals surface area contributed by atoms with E-state index in [2.05, 4.69) is 21.2 Å². The van der Waals surface area contributed by atoms with Gasteiger partial charge in [-0.1, -0.05) is 76.6 Å². The number of nitrogens with zero attached hydrogens (tertiary/aromatic N) is 2. The number of carbonyl (C=O) groups excluding carboxylic acids is 2. The molecule has 0 radical (unpaired) electrons. The molecule has 0 aromatic heterocycles. The number of sulfonamides is 1. The Kier molecular flexibility index (Phi) is 10.5. The average Bonchev–Trinajstić information content (AvgIpc) is 3.00. The second-order valence-corrected chi connectivity index (χ2v) is 12.3. The first-order valence-electron chi connectivity index (χ1n) is 13.4. The molecular formula is C32H31BrFN3O4S. The molecule has 1 atom stereocenters. The van der Waals surface area contributed by atoms with Gasteiger partial charge in [0.2, 0.25) is 11.8 Å². The summed E-state index contributed by atoms with van der Waals surface area (Å²) in [6.07, 6.45) is 0.219. The fraction of sp³-hybridized carbons (Fsp3) is 0.188. The monoisotopic (exact) mass is 651 g/mol. The third kappa shape index (κ3) is 7.83. The molecular weight excluding hydrogens is 621 g/mol. The molecule has 0 bridgehead atoms. The molecule has 0 unspecified atom stereocenters. The molecule has 1 N–H and O–H groups in total. The lowest BCUT2D eigenvalue weighted by atomic mass is 10.0. The van der Waals surface area contributed by atoms with E-state index in [4.69, 9.17) is 0 Å². The van der Waals surface area contributed by atoms with Crippen molar-refractivity contribution in [2.75, 3.05) is 17.4 Å². The Hall–Kier alpha value is -4.02. The maximum Gasteiger partial charge on any atom is 0.264 e. The molecule has 0 saturated heterocycles. The Morgan fingerprint density at radius 2 is 1.43 bits per heavy atom. The molecule has 0 aliphatic rings. The van der Waals surface area contributed by atoms with Gasteiger partial charge < -0.3 is 10.2 Å². The number of likely N-dealkylation sites (N-methyl/N-ethyl adjacent to an activating group) is 1. The van der Waals surface area contributed by atoms with E-state index in [-0.39, 0.29) is 29.5 Å². The Labute approximate surface area is 254 Å². The van der Waals surface area contributed by atoms with E-state index >= 15 is 0 Å². The first-order valence-corrected chi connectivity index (χ1v) is 15.6. The second-order valence-electron chi connectivity index (χ2n) is 9.55. The summed E-state index contributed by atoms with van der Waals surface area (Å²) in [6, 6.07) is 28.4. The highest BCUT2D eigenvalue weighted by molar-refractivity contribution is 9.10. The van der Waals surface area contributed by atoms with Crippen molar-refractivity contribution in [1.82, 2.24) is 10.2 Å². The van der Waals surface area contributed by atoms with Gasteiger partial charge in [-0.2, -0.15) is 0 Å². The van der Waals surface area contributed by atoms with E-state index in [1.807, 2.05) is 54.6 Å². The molecule has 0 heterocycles. The zero-order chi connectivity index (χ0) is 30.1. The fourth-order valence-electron chi connectivity index (χ4n) is 4.49. The Morgan fingerprint density at radius 1 is 0.833 bits per heavy atom. The van der Waals surface area contributed by atoms with Gasteiger partial charge in [-0.15, -0.1) is 0 Å². The van der Waals surface area contributed by atoms with Crippen LogP contribution >= 0.6 is 15.9 Å². The van der Waals surface area contributed by atoms with Crippen LogP contribution in [-0.2, 0) is 32.6 Å². The highest BCUT2D eigenvalue weighted by atomic mass is 79.9. The molecule has 0 aliphatic carbocycles. The molecule has 2 amide bonds. The van der Waals surface area contributed by atoms with Crippen molar-refractivity contribution in [2.24, 2.45) is 0 Å². The minimum absolute atomic E-state index is 0.0221. The predicted molar refractivity (Wildman–Crippen MR) is 165 cm³/mol. The molecule has 4 aromatic carbocycles. The first-order chi connectivity index (χ1) is 20.2. The number of hydrogen-bond acceptors (Lipinski definition) is 4. The van der Waals surface area contributed by atoms with E-state index in [0.717, 1.165) is 32.0 Å². The number of amides is 2. The van der Waals surface area contributed by atoms with Gasteiger partial charge in [-0.25, -0.2) is 12.8 Å². The molecule has 0 fully saturated rings. The lowest BCUT2D eigenvalue weighted by Gasteiger charge is -2.33. The van der Waals surface area contributed by atoms with Gasteiger partial charge in [0.1, 0.15) is 18.4 Å². The van der Waals surface area contributed by atoms with Gasteiger partial charge >= 0.3 is 0 Å². The Bertz CT molecular complexity index is 1590. The first kappa shape index (κ1) is 30.9. The second kappa shape index (κ2) is 14.2. The van der Waals surface area contributed by atoms with Crippen LogP contribution in [0.1, 0.15) is 18.1 Å². The van der Waals surface area contributed by atoms with Crippen molar-refractivity contribution in [2.45, 2.75) is 30.8 Å². The standard InChI is InChI=1S/C32H31BrFN3O4S/c1-2-35-32(39)30(21-24-9-5-3-6-10-24)36(22-25-13-15-26(33)16-14-25)31(38)23-37(28-19-17-27(34)18-20-28)42(40,41)29-11-7-4-8-12-29/h3-20,30H,2,21-23H2,1H3,(H,35,39)/t30-/m0/s1. The zero-order valence-corrected chi connectivity index (χ0v) is 25.4. The van der Waals surface area contributed by atoms with Gasteiger partial charge in [0.15, 0.2) is 0 Å². The molecule has 0 spiro atoms. The summed E-state index contributed by atoms with van der Waals surface area (Å²) in [6.45, 7) is 1.60. The van der Waals surface area contributed by atoms with Gasteiger partial charge in [0, 0.05) is 24.0 Å². The molecule has 4 rings (SSSR count). The lowest BCUT2D eigenvalue weighted by molar-refractivity contribution is -0.140. The van der Waals surface area contributed by atoms with E-state index in [1.165, 1.54) is 29.2 Å². The molecule has 42 heavy (non-hydrogen) atoms.